The predicted octanol–water partition coefficient (Wildman–Crippen LogP) is 2.71. The molecule has 6 nitrogen and oxygen atoms in total. The highest BCUT2D eigenvalue weighted by atomic mass is 19.1. The number of amides is 1. The Kier molecular flexibility index (Phi) is 4.05. The maximum atomic E-state index is 13.3. The second kappa shape index (κ2) is 6.51. The molecule has 0 unspecified atom stereocenters. The summed E-state index contributed by atoms with van der Waals surface area (Å²) in [6, 6.07) is 8.23. The van der Waals surface area contributed by atoms with E-state index in [-0.39, 0.29) is 11.7 Å². The van der Waals surface area contributed by atoms with Gasteiger partial charge in [-0.25, -0.2) is 4.39 Å². The topological polar surface area (TPSA) is 62.5 Å². The molecule has 1 aliphatic heterocycles. The third-order valence-electron chi connectivity index (χ3n) is 4.32. The SMILES string of the molecule is O=C(c1ccncc1)N1CCCN(c2nc3ccc(F)cc3o2)CC1. The number of anilines is 1. The molecule has 128 valence electrons. The molecule has 1 fully saturated rings. The van der Waals surface area contributed by atoms with E-state index < -0.39 is 0 Å². The molecule has 3 heterocycles. The molecule has 7 heteroatoms. The lowest BCUT2D eigenvalue weighted by Crippen LogP contribution is -2.35. The van der Waals surface area contributed by atoms with E-state index in [2.05, 4.69) is 9.97 Å². The van der Waals surface area contributed by atoms with Crippen molar-refractivity contribution >= 4 is 23.0 Å². The van der Waals surface area contributed by atoms with Crippen molar-refractivity contribution in [2.75, 3.05) is 31.1 Å². The van der Waals surface area contributed by atoms with Crippen LogP contribution < -0.4 is 4.90 Å². The second-order valence-corrected chi connectivity index (χ2v) is 5.98. The van der Waals surface area contributed by atoms with Crippen LogP contribution in [0.15, 0.2) is 47.1 Å². The molecule has 3 aromatic rings. The number of hydrogen-bond donors (Lipinski definition) is 0. The van der Waals surface area contributed by atoms with Crippen molar-refractivity contribution in [1.29, 1.82) is 0 Å². The molecule has 0 radical (unpaired) electrons. The molecule has 1 amide bonds. The van der Waals surface area contributed by atoms with Gasteiger partial charge in [0.05, 0.1) is 0 Å². The van der Waals surface area contributed by atoms with Crippen LogP contribution in [-0.4, -0.2) is 47.0 Å². The minimum Gasteiger partial charge on any atom is -0.423 e. The quantitative estimate of drug-likeness (QED) is 0.718. The zero-order chi connectivity index (χ0) is 17.2. The van der Waals surface area contributed by atoms with Crippen LogP contribution in [0.25, 0.3) is 11.1 Å². The van der Waals surface area contributed by atoms with E-state index in [9.17, 15) is 9.18 Å². The van der Waals surface area contributed by atoms with E-state index in [1.165, 1.54) is 12.1 Å². The zero-order valence-corrected chi connectivity index (χ0v) is 13.6. The number of oxazole rings is 1. The van der Waals surface area contributed by atoms with Gasteiger partial charge in [-0.2, -0.15) is 4.98 Å². The standard InChI is InChI=1S/C18H17FN4O2/c19-14-2-3-15-16(12-14)25-18(21-15)23-9-1-8-22(10-11-23)17(24)13-4-6-20-7-5-13/h2-7,12H,1,8-11H2. The smallest absolute Gasteiger partial charge is 0.298 e. The first-order valence-electron chi connectivity index (χ1n) is 8.21. The fraction of sp³-hybridized carbons (Fsp3) is 0.278. The minimum atomic E-state index is -0.347. The van der Waals surface area contributed by atoms with Crippen LogP contribution in [0.3, 0.4) is 0 Å². The maximum Gasteiger partial charge on any atom is 0.298 e. The number of benzene rings is 1. The molecule has 0 bridgehead atoms. The number of halogens is 1. The summed E-state index contributed by atoms with van der Waals surface area (Å²) in [5.41, 5.74) is 1.70. The van der Waals surface area contributed by atoms with Gasteiger partial charge in [-0.3, -0.25) is 9.78 Å². The van der Waals surface area contributed by atoms with Crippen molar-refractivity contribution in [3.05, 3.63) is 54.1 Å². The van der Waals surface area contributed by atoms with Crippen LogP contribution in [0.1, 0.15) is 16.8 Å². The monoisotopic (exact) mass is 340 g/mol. The molecule has 0 spiro atoms. The molecule has 1 aliphatic rings. The molecule has 1 saturated heterocycles. The summed E-state index contributed by atoms with van der Waals surface area (Å²) >= 11 is 0. The minimum absolute atomic E-state index is 0.00360. The molecule has 0 saturated carbocycles. The van der Waals surface area contributed by atoms with Crippen LogP contribution in [0.5, 0.6) is 0 Å². The van der Waals surface area contributed by atoms with Gasteiger partial charge in [-0.15, -0.1) is 0 Å². The van der Waals surface area contributed by atoms with Gasteiger partial charge in [0, 0.05) is 50.2 Å². The van der Waals surface area contributed by atoms with Crippen molar-refractivity contribution in [3.63, 3.8) is 0 Å². The molecule has 0 N–H and O–H groups in total. The third kappa shape index (κ3) is 3.17. The van der Waals surface area contributed by atoms with Crippen LogP contribution in [0.2, 0.25) is 0 Å². The molecule has 0 atom stereocenters. The van der Waals surface area contributed by atoms with E-state index in [1.807, 2.05) is 9.80 Å². The zero-order valence-electron chi connectivity index (χ0n) is 13.6. The molecule has 2 aromatic heterocycles. The van der Waals surface area contributed by atoms with Crippen molar-refractivity contribution in [2.45, 2.75) is 6.42 Å². The average Bonchev–Trinajstić information content (AvgIpc) is 2.89. The molecule has 25 heavy (non-hydrogen) atoms. The van der Waals surface area contributed by atoms with Gasteiger partial charge in [0.15, 0.2) is 5.58 Å². The van der Waals surface area contributed by atoms with Gasteiger partial charge in [-0.1, -0.05) is 0 Å². The van der Waals surface area contributed by atoms with Crippen molar-refractivity contribution in [2.24, 2.45) is 0 Å². The van der Waals surface area contributed by atoms with Crippen LogP contribution >= 0.6 is 0 Å². The van der Waals surface area contributed by atoms with E-state index in [4.69, 9.17) is 4.42 Å². The molecule has 0 aliphatic carbocycles. The Morgan fingerprint density at radius 2 is 1.92 bits per heavy atom. The van der Waals surface area contributed by atoms with Crippen LogP contribution in [0.4, 0.5) is 10.4 Å². The first kappa shape index (κ1) is 15.6. The van der Waals surface area contributed by atoms with E-state index in [0.29, 0.717) is 42.3 Å². The van der Waals surface area contributed by atoms with Gasteiger partial charge < -0.3 is 14.2 Å². The fourth-order valence-corrected chi connectivity index (χ4v) is 3.01. The summed E-state index contributed by atoms with van der Waals surface area (Å²) in [5, 5.41) is 0. The molecule has 1 aromatic carbocycles. The van der Waals surface area contributed by atoms with E-state index in [1.54, 1.807) is 30.6 Å². The highest BCUT2D eigenvalue weighted by Gasteiger charge is 2.22. The number of carbonyl (C=O) groups is 1. The fourth-order valence-electron chi connectivity index (χ4n) is 3.01. The number of hydrogen-bond acceptors (Lipinski definition) is 5. The Bertz CT molecular complexity index is 896. The lowest BCUT2D eigenvalue weighted by atomic mass is 10.2. The van der Waals surface area contributed by atoms with Crippen molar-refractivity contribution < 1.29 is 13.6 Å². The van der Waals surface area contributed by atoms with Crippen molar-refractivity contribution in [3.8, 4) is 0 Å². The molecular weight excluding hydrogens is 323 g/mol. The number of rotatable bonds is 2. The lowest BCUT2D eigenvalue weighted by molar-refractivity contribution is 0.0767. The highest BCUT2D eigenvalue weighted by molar-refractivity contribution is 5.94. The number of aromatic nitrogens is 2. The predicted molar refractivity (Wildman–Crippen MR) is 90.9 cm³/mol. The number of pyridine rings is 1. The normalized spacial score (nSPS) is 15.4. The van der Waals surface area contributed by atoms with E-state index in [0.717, 1.165) is 13.0 Å². The molecule has 4 rings (SSSR count). The lowest BCUT2D eigenvalue weighted by Gasteiger charge is -2.21. The number of fused-ring (bicyclic) bond motifs is 1. The van der Waals surface area contributed by atoms with Crippen molar-refractivity contribution in [1.82, 2.24) is 14.9 Å². The van der Waals surface area contributed by atoms with Crippen LogP contribution in [-0.2, 0) is 0 Å². The third-order valence-corrected chi connectivity index (χ3v) is 4.32. The van der Waals surface area contributed by atoms with Gasteiger partial charge in [0.25, 0.3) is 11.9 Å². The maximum absolute atomic E-state index is 13.3. The van der Waals surface area contributed by atoms with Crippen LogP contribution in [0, 0.1) is 5.82 Å². The first-order valence-corrected chi connectivity index (χ1v) is 8.21. The summed E-state index contributed by atoms with van der Waals surface area (Å²) in [4.78, 5) is 24.8. The summed E-state index contributed by atoms with van der Waals surface area (Å²) in [7, 11) is 0. The Morgan fingerprint density at radius 3 is 2.76 bits per heavy atom. The second-order valence-electron chi connectivity index (χ2n) is 5.98. The summed E-state index contributed by atoms with van der Waals surface area (Å²) in [6.45, 7) is 2.60. The summed E-state index contributed by atoms with van der Waals surface area (Å²) in [6.07, 6.45) is 4.05. The largest absolute Gasteiger partial charge is 0.423 e. The van der Waals surface area contributed by atoms with Gasteiger partial charge in [0.2, 0.25) is 0 Å². The summed E-state index contributed by atoms with van der Waals surface area (Å²) in [5.74, 6) is -0.343. The first-order chi connectivity index (χ1) is 12.2. The number of carbonyl (C=O) groups excluding carboxylic acids is 1. The average molecular weight is 340 g/mol. The summed E-state index contributed by atoms with van der Waals surface area (Å²) < 4.78 is 19.0. The Labute approximate surface area is 143 Å². The van der Waals surface area contributed by atoms with Gasteiger partial charge in [-0.05, 0) is 30.7 Å². The van der Waals surface area contributed by atoms with E-state index >= 15 is 0 Å². The van der Waals surface area contributed by atoms with Gasteiger partial charge in [0.1, 0.15) is 11.3 Å². The Hall–Kier alpha value is -2.96. The Balaban J connectivity index is 1.49. The van der Waals surface area contributed by atoms with Gasteiger partial charge >= 0.3 is 0 Å². The number of nitrogens with zero attached hydrogens (tertiary/aromatic N) is 4. The Morgan fingerprint density at radius 1 is 1.08 bits per heavy atom. The molecular formula is C18H17FN4O2. The highest BCUT2D eigenvalue weighted by Crippen LogP contribution is 2.23.